The first-order valence-corrected chi connectivity index (χ1v) is 19.4. The van der Waals surface area contributed by atoms with Crippen molar-refractivity contribution in [1.29, 1.82) is 0 Å². The standard InChI is InChI=1S/C56H36/c1-2-13-38(14-3-1)49-33-32-39-15-6-7-17-48(39)54(49)40-23-25-41(26-24-40)55-50-18-8-10-20-52(50)56(53-21-11-9-19-51(53)55)47-31-30-45-35-44(28-29-46(45)36-47)43-27-22-37-12-4-5-16-42(37)34-43/h1-36H. The molecule has 0 aliphatic carbocycles. The minimum atomic E-state index is 1.22. The van der Waals surface area contributed by atoms with Crippen molar-refractivity contribution in [2.45, 2.75) is 0 Å². The predicted molar refractivity (Wildman–Crippen MR) is 241 cm³/mol. The summed E-state index contributed by atoms with van der Waals surface area (Å²) in [5.41, 5.74) is 12.4. The molecule has 0 saturated carbocycles. The topological polar surface area (TPSA) is 0 Å². The summed E-state index contributed by atoms with van der Waals surface area (Å²) in [5, 5.41) is 12.6. The van der Waals surface area contributed by atoms with E-state index in [-0.39, 0.29) is 0 Å². The Morgan fingerprint density at radius 3 is 1.16 bits per heavy atom. The molecule has 11 aromatic rings. The van der Waals surface area contributed by atoms with Gasteiger partial charge in [-0.15, -0.1) is 0 Å². The van der Waals surface area contributed by atoms with E-state index in [2.05, 4.69) is 218 Å². The van der Waals surface area contributed by atoms with Crippen molar-refractivity contribution in [2.24, 2.45) is 0 Å². The molecule has 0 unspecified atom stereocenters. The molecule has 0 aliphatic rings. The highest BCUT2D eigenvalue weighted by Crippen LogP contribution is 2.45. The van der Waals surface area contributed by atoms with Crippen LogP contribution in [0.15, 0.2) is 218 Å². The summed E-state index contributed by atoms with van der Waals surface area (Å²) in [6.45, 7) is 0. The molecule has 0 fully saturated rings. The Balaban J connectivity index is 1.04. The number of fused-ring (bicyclic) bond motifs is 5. The van der Waals surface area contributed by atoms with Gasteiger partial charge in [0.25, 0.3) is 0 Å². The Morgan fingerprint density at radius 2 is 0.554 bits per heavy atom. The number of benzene rings is 11. The quantitative estimate of drug-likeness (QED) is 0.156. The molecule has 11 aromatic carbocycles. The van der Waals surface area contributed by atoms with Gasteiger partial charge in [-0.2, -0.15) is 0 Å². The van der Waals surface area contributed by atoms with Crippen LogP contribution < -0.4 is 0 Å². The lowest BCUT2D eigenvalue weighted by Crippen LogP contribution is -1.92. The Kier molecular flexibility index (Phi) is 7.60. The fourth-order valence-corrected chi connectivity index (χ4v) is 8.94. The highest BCUT2D eigenvalue weighted by Gasteiger charge is 2.18. The van der Waals surface area contributed by atoms with Gasteiger partial charge in [-0.3, -0.25) is 0 Å². The van der Waals surface area contributed by atoms with Crippen LogP contribution in [0.25, 0.3) is 109 Å². The lowest BCUT2D eigenvalue weighted by molar-refractivity contribution is 1.60. The third-order valence-electron chi connectivity index (χ3n) is 11.6. The van der Waals surface area contributed by atoms with Crippen molar-refractivity contribution < 1.29 is 0 Å². The highest BCUT2D eigenvalue weighted by atomic mass is 14.2. The third kappa shape index (κ3) is 5.38. The Morgan fingerprint density at radius 1 is 0.179 bits per heavy atom. The predicted octanol–water partition coefficient (Wildman–Crippen LogP) is 15.8. The van der Waals surface area contributed by atoms with Gasteiger partial charge in [-0.1, -0.05) is 200 Å². The van der Waals surface area contributed by atoms with E-state index in [4.69, 9.17) is 0 Å². The van der Waals surface area contributed by atoms with E-state index in [1.807, 2.05) is 0 Å². The molecule has 0 heterocycles. The smallest absolute Gasteiger partial charge is 0.00262 e. The first-order chi connectivity index (χ1) is 27.8. The second-order valence-corrected chi connectivity index (χ2v) is 14.8. The Hall–Kier alpha value is -7.28. The van der Waals surface area contributed by atoms with E-state index >= 15 is 0 Å². The summed E-state index contributed by atoms with van der Waals surface area (Å²) in [4.78, 5) is 0. The number of hydrogen-bond donors (Lipinski definition) is 0. The first kappa shape index (κ1) is 32.2. The van der Waals surface area contributed by atoms with E-state index in [0.717, 1.165) is 0 Å². The van der Waals surface area contributed by atoms with Crippen LogP contribution in [-0.4, -0.2) is 0 Å². The summed E-state index contributed by atoms with van der Waals surface area (Å²) in [5.74, 6) is 0. The maximum Gasteiger partial charge on any atom is -0.00262 e. The molecule has 0 nitrogen and oxygen atoms in total. The molecule has 0 spiro atoms. The van der Waals surface area contributed by atoms with Crippen LogP contribution >= 0.6 is 0 Å². The van der Waals surface area contributed by atoms with Gasteiger partial charge in [0.2, 0.25) is 0 Å². The maximum atomic E-state index is 2.37. The molecular weight excluding hydrogens is 673 g/mol. The van der Waals surface area contributed by atoms with E-state index in [1.54, 1.807) is 0 Å². The minimum absolute atomic E-state index is 1.22. The number of hydrogen-bond acceptors (Lipinski definition) is 0. The van der Waals surface area contributed by atoms with Gasteiger partial charge in [0.05, 0.1) is 0 Å². The van der Waals surface area contributed by atoms with Gasteiger partial charge >= 0.3 is 0 Å². The summed E-state index contributed by atoms with van der Waals surface area (Å²) in [6, 6.07) is 80.3. The summed E-state index contributed by atoms with van der Waals surface area (Å²) in [6.07, 6.45) is 0. The average Bonchev–Trinajstić information content (AvgIpc) is 3.27. The molecule has 0 aromatic heterocycles. The molecule has 56 heavy (non-hydrogen) atoms. The van der Waals surface area contributed by atoms with E-state index in [9.17, 15) is 0 Å². The molecule has 0 aliphatic heterocycles. The molecule has 0 heteroatoms. The molecule has 0 amide bonds. The summed E-state index contributed by atoms with van der Waals surface area (Å²) >= 11 is 0. The molecule has 0 atom stereocenters. The maximum absolute atomic E-state index is 2.37. The summed E-state index contributed by atoms with van der Waals surface area (Å²) < 4.78 is 0. The normalized spacial score (nSPS) is 11.6. The number of rotatable bonds is 5. The summed E-state index contributed by atoms with van der Waals surface area (Å²) in [7, 11) is 0. The van der Waals surface area contributed by atoms with Crippen LogP contribution in [0.2, 0.25) is 0 Å². The van der Waals surface area contributed by atoms with Gasteiger partial charge in [0.15, 0.2) is 0 Å². The Labute approximate surface area is 326 Å². The molecular formula is C56H36. The largest absolute Gasteiger partial charge is 0.0622 e. The second-order valence-electron chi connectivity index (χ2n) is 14.8. The monoisotopic (exact) mass is 708 g/mol. The van der Waals surface area contributed by atoms with Crippen molar-refractivity contribution in [3.05, 3.63) is 218 Å². The van der Waals surface area contributed by atoms with E-state index in [1.165, 1.54) is 109 Å². The van der Waals surface area contributed by atoms with Crippen LogP contribution in [0.4, 0.5) is 0 Å². The fraction of sp³-hybridized carbons (Fsp3) is 0. The van der Waals surface area contributed by atoms with Crippen LogP contribution in [-0.2, 0) is 0 Å². The second kappa shape index (κ2) is 13.2. The fourth-order valence-electron chi connectivity index (χ4n) is 8.94. The van der Waals surface area contributed by atoms with Gasteiger partial charge in [0.1, 0.15) is 0 Å². The van der Waals surface area contributed by atoms with Gasteiger partial charge in [-0.25, -0.2) is 0 Å². The minimum Gasteiger partial charge on any atom is -0.0622 e. The van der Waals surface area contributed by atoms with Crippen LogP contribution in [0.3, 0.4) is 0 Å². The molecule has 0 bridgehead atoms. The Bertz CT molecular complexity index is 3220. The van der Waals surface area contributed by atoms with Crippen LogP contribution in [0.1, 0.15) is 0 Å². The molecule has 11 rings (SSSR count). The van der Waals surface area contributed by atoms with Gasteiger partial charge < -0.3 is 0 Å². The third-order valence-corrected chi connectivity index (χ3v) is 11.6. The van der Waals surface area contributed by atoms with Crippen LogP contribution in [0.5, 0.6) is 0 Å². The van der Waals surface area contributed by atoms with Crippen molar-refractivity contribution >= 4 is 53.9 Å². The zero-order chi connectivity index (χ0) is 37.0. The van der Waals surface area contributed by atoms with Crippen molar-refractivity contribution in [2.75, 3.05) is 0 Å². The molecule has 0 saturated heterocycles. The first-order valence-electron chi connectivity index (χ1n) is 19.4. The zero-order valence-electron chi connectivity index (χ0n) is 30.8. The highest BCUT2D eigenvalue weighted by molar-refractivity contribution is 6.22. The van der Waals surface area contributed by atoms with Crippen molar-refractivity contribution in [1.82, 2.24) is 0 Å². The molecule has 260 valence electrons. The van der Waals surface area contributed by atoms with E-state index < -0.39 is 0 Å². The lowest BCUT2D eigenvalue weighted by Gasteiger charge is -2.19. The van der Waals surface area contributed by atoms with Gasteiger partial charge in [-0.05, 0) is 128 Å². The molecule has 0 N–H and O–H groups in total. The SMILES string of the molecule is c1ccc(-c2ccc3ccccc3c2-c2ccc(-c3c4ccccc4c(-c4ccc5cc(-c6ccc7ccccc7c6)ccc5c4)c4ccccc34)cc2)cc1. The van der Waals surface area contributed by atoms with E-state index in [0.29, 0.717) is 0 Å². The molecule has 0 radical (unpaired) electrons. The average molecular weight is 709 g/mol. The van der Waals surface area contributed by atoms with Crippen molar-refractivity contribution in [3.8, 4) is 55.6 Å². The van der Waals surface area contributed by atoms with Crippen LogP contribution in [0, 0.1) is 0 Å². The zero-order valence-corrected chi connectivity index (χ0v) is 30.8. The van der Waals surface area contributed by atoms with Gasteiger partial charge in [0, 0.05) is 0 Å². The lowest BCUT2D eigenvalue weighted by atomic mass is 9.84. The van der Waals surface area contributed by atoms with Crippen molar-refractivity contribution in [3.63, 3.8) is 0 Å².